The third-order valence-electron chi connectivity index (χ3n) is 6.29. The first-order valence-corrected chi connectivity index (χ1v) is 14.5. The fourth-order valence-electron chi connectivity index (χ4n) is 4.17. The number of nitrogens with zero attached hydrogens (tertiary/aromatic N) is 3. The van der Waals surface area contributed by atoms with Crippen molar-refractivity contribution >= 4 is 23.2 Å². The lowest BCUT2D eigenvalue weighted by Crippen LogP contribution is -2.52. The van der Waals surface area contributed by atoms with E-state index in [0.717, 1.165) is 11.1 Å². The highest BCUT2D eigenvalue weighted by molar-refractivity contribution is 7.84. The summed E-state index contributed by atoms with van der Waals surface area (Å²) in [5.74, 6) is 0. The SMILES string of the molecule is CC(C)(C)OC(=O)N(CC(NS(=O)C(C)(C)C)c1ccncc1)C1CCN(C(=O)OCc2ccccc2)CC1. The number of carbonyl (C=O) groups excluding carboxylic acids is 2. The Hall–Kier alpha value is -2.98. The Morgan fingerprint density at radius 1 is 1.05 bits per heavy atom. The molecule has 1 aliphatic rings. The summed E-state index contributed by atoms with van der Waals surface area (Å²) in [5.41, 5.74) is 1.13. The van der Waals surface area contributed by atoms with E-state index in [1.165, 1.54) is 0 Å². The van der Waals surface area contributed by atoms with Crippen molar-refractivity contribution in [3.63, 3.8) is 0 Å². The number of pyridine rings is 1. The van der Waals surface area contributed by atoms with Crippen molar-refractivity contribution in [3.8, 4) is 0 Å². The predicted molar refractivity (Wildman–Crippen MR) is 152 cm³/mol. The molecule has 1 saturated heterocycles. The quantitative estimate of drug-likeness (QED) is 0.477. The van der Waals surface area contributed by atoms with Crippen molar-refractivity contribution in [1.29, 1.82) is 0 Å². The van der Waals surface area contributed by atoms with E-state index in [2.05, 4.69) is 9.71 Å². The van der Waals surface area contributed by atoms with Gasteiger partial charge in [-0.2, -0.15) is 0 Å². The first-order valence-electron chi connectivity index (χ1n) is 13.4. The maximum Gasteiger partial charge on any atom is 0.410 e. The van der Waals surface area contributed by atoms with Gasteiger partial charge in [-0.15, -0.1) is 0 Å². The molecule has 1 fully saturated rings. The van der Waals surface area contributed by atoms with E-state index < -0.39 is 33.5 Å². The van der Waals surface area contributed by atoms with Crippen LogP contribution in [0.1, 0.15) is 71.6 Å². The lowest BCUT2D eigenvalue weighted by Gasteiger charge is -2.40. The largest absolute Gasteiger partial charge is 0.445 e. The Morgan fingerprint density at radius 2 is 1.67 bits per heavy atom. The second-order valence-electron chi connectivity index (χ2n) is 11.7. The lowest BCUT2D eigenvalue weighted by molar-refractivity contribution is 0.00584. The third kappa shape index (κ3) is 9.61. The Bertz CT molecular complexity index is 1090. The number of aromatic nitrogens is 1. The minimum Gasteiger partial charge on any atom is -0.445 e. The van der Waals surface area contributed by atoms with Gasteiger partial charge in [-0.3, -0.25) is 4.98 Å². The molecular weight excluding hydrogens is 516 g/mol. The highest BCUT2D eigenvalue weighted by Gasteiger charge is 2.35. The van der Waals surface area contributed by atoms with E-state index in [-0.39, 0.29) is 25.3 Å². The summed E-state index contributed by atoms with van der Waals surface area (Å²) in [7, 11) is -1.37. The fourth-order valence-corrected chi connectivity index (χ4v) is 5.00. The molecule has 0 spiro atoms. The standard InChI is InChI=1S/C29H42N4O5S/c1-28(2,3)38-27(35)33(20-25(23-12-16-30-17-13-23)31-39(36)29(4,5)6)24-14-18-32(19-15-24)26(34)37-21-22-10-8-7-9-11-22/h7-13,16-17,24-25,31H,14-15,18-21H2,1-6H3. The average Bonchev–Trinajstić information content (AvgIpc) is 2.89. The van der Waals surface area contributed by atoms with Crippen LogP contribution in [0.5, 0.6) is 0 Å². The molecule has 2 unspecified atom stereocenters. The fraction of sp³-hybridized carbons (Fsp3) is 0.552. The molecule has 0 radical (unpaired) electrons. The van der Waals surface area contributed by atoms with E-state index in [1.54, 1.807) is 22.2 Å². The van der Waals surface area contributed by atoms with Gasteiger partial charge in [-0.1, -0.05) is 30.3 Å². The zero-order chi connectivity index (χ0) is 28.6. The number of piperidine rings is 1. The summed E-state index contributed by atoms with van der Waals surface area (Å²) < 4.78 is 27.1. The van der Waals surface area contributed by atoms with Crippen LogP contribution in [0, 0.1) is 0 Å². The van der Waals surface area contributed by atoms with E-state index in [9.17, 15) is 13.8 Å². The molecule has 0 aliphatic carbocycles. The highest BCUT2D eigenvalue weighted by Crippen LogP contribution is 2.25. The zero-order valence-corrected chi connectivity index (χ0v) is 24.7. The van der Waals surface area contributed by atoms with Gasteiger partial charge in [0.05, 0.1) is 21.8 Å². The summed E-state index contributed by atoms with van der Waals surface area (Å²) in [6.45, 7) is 12.6. The molecule has 2 aromatic rings. The van der Waals surface area contributed by atoms with Crippen molar-refractivity contribution in [2.75, 3.05) is 19.6 Å². The van der Waals surface area contributed by atoms with Crippen LogP contribution in [0.2, 0.25) is 0 Å². The minimum absolute atomic E-state index is 0.160. The summed E-state index contributed by atoms with van der Waals surface area (Å²) in [4.78, 5) is 33.7. The zero-order valence-electron chi connectivity index (χ0n) is 23.9. The number of benzene rings is 1. The molecule has 1 aromatic carbocycles. The molecule has 10 heteroatoms. The second-order valence-corrected chi connectivity index (χ2v) is 13.7. The van der Waals surface area contributed by atoms with Gasteiger partial charge in [0, 0.05) is 38.1 Å². The molecule has 2 atom stereocenters. The normalized spacial score (nSPS) is 16.3. The van der Waals surface area contributed by atoms with Crippen LogP contribution in [-0.4, -0.2) is 67.2 Å². The Morgan fingerprint density at radius 3 is 2.23 bits per heavy atom. The van der Waals surface area contributed by atoms with Crippen LogP contribution in [0.3, 0.4) is 0 Å². The number of ether oxygens (including phenoxy) is 2. The molecular formula is C29H42N4O5S. The van der Waals surface area contributed by atoms with Crippen molar-refractivity contribution in [2.45, 2.75) is 83.4 Å². The monoisotopic (exact) mass is 558 g/mol. The van der Waals surface area contributed by atoms with Crippen molar-refractivity contribution in [1.82, 2.24) is 19.5 Å². The number of amides is 2. The molecule has 2 amide bonds. The van der Waals surface area contributed by atoms with Crippen molar-refractivity contribution in [2.24, 2.45) is 0 Å². The molecule has 1 N–H and O–H groups in total. The van der Waals surface area contributed by atoms with Gasteiger partial charge in [0.15, 0.2) is 0 Å². The van der Waals surface area contributed by atoms with Crippen LogP contribution in [-0.2, 0) is 27.1 Å². The highest BCUT2D eigenvalue weighted by atomic mass is 32.2. The van der Waals surface area contributed by atoms with Crippen LogP contribution in [0.15, 0.2) is 54.9 Å². The predicted octanol–water partition coefficient (Wildman–Crippen LogP) is 5.21. The van der Waals surface area contributed by atoms with Gasteiger partial charge in [-0.25, -0.2) is 18.5 Å². The number of likely N-dealkylation sites (tertiary alicyclic amines) is 1. The average molecular weight is 559 g/mol. The lowest BCUT2D eigenvalue weighted by atomic mass is 10.0. The Balaban J connectivity index is 1.73. The summed E-state index contributed by atoms with van der Waals surface area (Å²) in [5, 5.41) is 0. The Labute approximate surface area is 234 Å². The number of nitrogens with one attached hydrogen (secondary N) is 1. The van der Waals surface area contributed by atoms with E-state index in [0.29, 0.717) is 25.9 Å². The van der Waals surface area contributed by atoms with Gasteiger partial charge >= 0.3 is 12.2 Å². The molecule has 1 aromatic heterocycles. The summed E-state index contributed by atoms with van der Waals surface area (Å²) in [6, 6.07) is 12.7. The number of hydrogen-bond donors (Lipinski definition) is 1. The van der Waals surface area contributed by atoms with E-state index >= 15 is 0 Å². The molecule has 214 valence electrons. The topological polar surface area (TPSA) is 101 Å². The van der Waals surface area contributed by atoms with Gasteiger partial charge in [-0.05, 0) is 77.6 Å². The smallest absolute Gasteiger partial charge is 0.410 e. The molecule has 0 saturated carbocycles. The van der Waals surface area contributed by atoms with Gasteiger partial charge < -0.3 is 19.3 Å². The van der Waals surface area contributed by atoms with Crippen LogP contribution in [0.4, 0.5) is 9.59 Å². The Kier molecular flexibility index (Phi) is 10.5. The van der Waals surface area contributed by atoms with E-state index in [1.807, 2.05) is 84.0 Å². The molecule has 9 nitrogen and oxygen atoms in total. The molecule has 3 rings (SSSR count). The van der Waals surface area contributed by atoms with Crippen molar-refractivity contribution < 1.29 is 23.3 Å². The maximum absolute atomic E-state index is 13.5. The first-order chi connectivity index (χ1) is 18.3. The van der Waals surface area contributed by atoms with Gasteiger partial charge in [0.25, 0.3) is 0 Å². The van der Waals surface area contributed by atoms with Gasteiger partial charge in [0.1, 0.15) is 12.2 Å². The molecule has 1 aliphatic heterocycles. The number of carbonyl (C=O) groups is 2. The van der Waals surface area contributed by atoms with Crippen molar-refractivity contribution in [3.05, 3.63) is 66.0 Å². The summed E-state index contributed by atoms with van der Waals surface area (Å²) >= 11 is 0. The third-order valence-corrected chi connectivity index (χ3v) is 7.90. The summed E-state index contributed by atoms with van der Waals surface area (Å²) in [6.07, 6.45) is 3.71. The molecule has 2 heterocycles. The van der Waals surface area contributed by atoms with Gasteiger partial charge in [0.2, 0.25) is 0 Å². The number of rotatable bonds is 8. The maximum atomic E-state index is 13.5. The van der Waals surface area contributed by atoms with Crippen LogP contribution in [0.25, 0.3) is 0 Å². The minimum atomic E-state index is -1.37. The molecule has 39 heavy (non-hydrogen) atoms. The molecule has 0 bridgehead atoms. The van der Waals surface area contributed by atoms with Crippen LogP contribution < -0.4 is 4.72 Å². The van der Waals surface area contributed by atoms with Crippen LogP contribution >= 0.6 is 0 Å². The second kappa shape index (κ2) is 13.4. The number of hydrogen-bond acceptors (Lipinski definition) is 6. The van der Waals surface area contributed by atoms with E-state index in [4.69, 9.17) is 9.47 Å². The first kappa shape index (κ1) is 30.6.